The fourth-order valence-electron chi connectivity index (χ4n) is 2.46. The summed E-state index contributed by atoms with van der Waals surface area (Å²) in [6.07, 6.45) is 3.88. The van der Waals surface area contributed by atoms with Crippen molar-refractivity contribution in [3.63, 3.8) is 0 Å². The van der Waals surface area contributed by atoms with Gasteiger partial charge in [0.25, 0.3) is 5.91 Å². The molecular weight excluding hydrogens is 280 g/mol. The van der Waals surface area contributed by atoms with Crippen molar-refractivity contribution in [3.8, 4) is 0 Å². The van der Waals surface area contributed by atoms with Crippen LogP contribution in [0.25, 0.3) is 10.9 Å². The van der Waals surface area contributed by atoms with Gasteiger partial charge in [-0.3, -0.25) is 4.79 Å². The Morgan fingerprint density at radius 2 is 1.81 bits per heavy atom. The lowest BCUT2D eigenvalue weighted by atomic mass is 10.1. The first kappa shape index (κ1) is 13.8. The second-order valence-electron chi connectivity index (χ2n) is 4.83. The molecule has 0 bridgehead atoms. The van der Waals surface area contributed by atoms with Crippen molar-refractivity contribution in [1.82, 2.24) is 4.57 Å². The highest BCUT2D eigenvalue weighted by molar-refractivity contribution is 7.98. The number of rotatable bonds is 3. The van der Waals surface area contributed by atoms with Crippen LogP contribution in [0.2, 0.25) is 0 Å². The van der Waals surface area contributed by atoms with Crippen molar-refractivity contribution in [2.75, 3.05) is 11.6 Å². The number of carbonyl (C=O) groups excluding carboxylic acids is 1. The molecule has 1 N–H and O–H groups in total. The largest absolute Gasteiger partial charge is 0.350 e. The van der Waals surface area contributed by atoms with Gasteiger partial charge in [-0.2, -0.15) is 0 Å². The maximum Gasteiger partial charge on any atom is 0.257 e. The normalized spacial score (nSPS) is 10.8. The van der Waals surface area contributed by atoms with Gasteiger partial charge in [-0.15, -0.1) is 11.8 Å². The second kappa shape index (κ2) is 5.66. The Bertz CT molecular complexity index is 807. The number of nitrogens with one attached hydrogen (secondary N) is 1. The fraction of sp³-hybridized carbons (Fsp3) is 0.118. The molecular formula is C17H16N2OS. The van der Waals surface area contributed by atoms with Gasteiger partial charge in [-0.05, 0) is 24.5 Å². The average Bonchev–Trinajstić information content (AvgIpc) is 2.86. The van der Waals surface area contributed by atoms with Crippen LogP contribution in [0, 0.1) is 0 Å². The van der Waals surface area contributed by atoms with Crippen LogP contribution in [0.5, 0.6) is 0 Å². The summed E-state index contributed by atoms with van der Waals surface area (Å²) in [5, 5.41) is 3.98. The number of anilines is 1. The third-order valence-corrected chi connectivity index (χ3v) is 4.29. The topological polar surface area (TPSA) is 34.0 Å². The van der Waals surface area contributed by atoms with Gasteiger partial charge in [-0.1, -0.05) is 30.3 Å². The van der Waals surface area contributed by atoms with E-state index >= 15 is 0 Å². The Kier molecular flexibility index (Phi) is 3.71. The summed E-state index contributed by atoms with van der Waals surface area (Å²) in [5.41, 5.74) is 2.60. The van der Waals surface area contributed by atoms with E-state index in [1.807, 2.05) is 72.6 Å². The van der Waals surface area contributed by atoms with Gasteiger partial charge in [-0.25, -0.2) is 0 Å². The fourth-order valence-corrected chi connectivity index (χ4v) is 3.01. The molecule has 0 spiro atoms. The lowest BCUT2D eigenvalue weighted by molar-refractivity contribution is 0.102. The van der Waals surface area contributed by atoms with Crippen LogP contribution in [-0.2, 0) is 7.05 Å². The van der Waals surface area contributed by atoms with Crippen LogP contribution < -0.4 is 5.32 Å². The number of fused-ring (bicyclic) bond motifs is 1. The maximum absolute atomic E-state index is 12.6. The zero-order valence-corrected chi connectivity index (χ0v) is 12.8. The molecule has 3 nitrogen and oxygen atoms in total. The molecule has 21 heavy (non-hydrogen) atoms. The molecule has 0 saturated carbocycles. The van der Waals surface area contributed by atoms with E-state index in [0.717, 1.165) is 21.5 Å². The average molecular weight is 296 g/mol. The van der Waals surface area contributed by atoms with E-state index < -0.39 is 0 Å². The van der Waals surface area contributed by atoms with E-state index in [0.29, 0.717) is 5.56 Å². The van der Waals surface area contributed by atoms with E-state index in [4.69, 9.17) is 0 Å². The number of nitrogens with zero attached hydrogens (tertiary/aromatic N) is 1. The zero-order chi connectivity index (χ0) is 14.8. The van der Waals surface area contributed by atoms with Crippen LogP contribution in [-0.4, -0.2) is 16.7 Å². The highest BCUT2D eigenvalue weighted by atomic mass is 32.2. The molecule has 1 amide bonds. The lowest BCUT2D eigenvalue weighted by Gasteiger charge is -2.08. The predicted octanol–water partition coefficient (Wildman–Crippen LogP) is 4.15. The number of carbonyl (C=O) groups is 1. The van der Waals surface area contributed by atoms with E-state index in [2.05, 4.69) is 5.32 Å². The number of hydrogen-bond acceptors (Lipinski definition) is 2. The van der Waals surface area contributed by atoms with E-state index in [1.54, 1.807) is 11.8 Å². The van der Waals surface area contributed by atoms with Crippen LogP contribution in [0.4, 0.5) is 5.69 Å². The van der Waals surface area contributed by atoms with E-state index in [1.165, 1.54) is 0 Å². The Labute approximate surface area is 128 Å². The number of amides is 1. The molecule has 0 aliphatic rings. The van der Waals surface area contributed by atoms with Crippen LogP contribution >= 0.6 is 11.8 Å². The maximum atomic E-state index is 12.6. The van der Waals surface area contributed by atoms with Gasteiger partial charge >= 0.3 is 0 Å². The summed E-state index contributed by atoms with van der Waals surface area (Å²) in [6.45, 7) is 0. The van der Waals surface area contributed by atoms with Crippen molar-refractivity contribution in [3.05, 3.63) is 60.3 Å². The summed E-state index contributed by atoms with van der Waals surface area (Å²) < 4.78 is 1.98. The Balaban J connectivity index is 1.98. The van der Waals surface area contributed by atoms with Crippen LogP contribution in [0.15, 0.2) is 59.6 Å². The highest BCUT2D eigenvalue weighted by Crippen LogP contribution is 2.26. The number of aryl methyl sites for hydroxylation is 1. The minimum atomic E-state index is -0.0756. The first-order valence-electron chi connectivity index (χ1n) is 6.69. The SMILES string of the molecule is CSc1ccccc1NC(=O)c1cn(C)c2ccccc12. The van der Waals surface area contributed by atoms with Crippen molar-refractivity contribution >= 4 is 34.3 Å². The summed E-state index contributed by atoms with van der Waals surface area (Å²) in [7, 11) is 1.95. The van der Waals surface area contributed by atoms with E-state index in [9.17, 15) is 4.79 Å². The first-order valence-corrected chi connectivity index (χ1v) is 7.91. The van der Waals surface area contributed by atoms with E-state index in [-0.39, 0.29) is 5.91 Å². The van der Waals surface area contributed by atoms with Gasteiger partial charge in [0.2, 0.25) is 0 Å². The molecule has 0 aliphatic carbocycles. The van der Waals surface area contributed by atoms with Crippen LogP contribution in [0.1, 0.15) is 10.4 Å². The molecule has 1 heterocycles. The molecule has 0 fully saturated rings. The molecule has 3 aromatic rings. The summed E-state index contributed by atoms with van der Waals surface area (Å²) in [4.78, 5) is 13.6. The van der Waals surface area contributed by atoms with Gasteiger partial charge in [0.1, 0.15) is 0 Å². The second-order valence-corrected chi connectivity index (χ2v) is 5.67. The van der Waals surface area contributed by atoms with Crippen LogP contribution in [0.3, 0.4) is 0 Å². The third-order valence-electron chi connectivity index (χ3n) is 3.50. The summed E-state index contributed by atoms with van der Waals surface area (Å²) >= 11 is 1.62. The molecule has 4 heteroatoms. The standard InChI is InChI=1S/C17H16N2OS/c1-19-11-13(12-7-3-5-9-15(12)19)17(20)18-14-8-4-6-10-16(14)21-2/h3-11H,1-2H3,(H,18,20). The number of hydrogen-bond donors (Lipinski definition) is 1. The quantitative estimate of drug-likeness (QED) is 0.737. The number of benzene rings is 2. The summed E-state index contributed by atoms with van der Waals surface area (Å²) in [5.74, 6) is -0.0756. The number of para-hydroxylation sites is 2. The molecule has 106 valence electrons. The van der Waals surface area contributed by atoms with Gasteiger partial charge in [0.15, 0.2) is 0 Å². The zero-order valence-electron chi connectivity index (χ0n) is 12.0. The number of aromatic nitrogens is 1. The van der Waals surface area contributed by atoms with Gasteiger partial charge < -0.3 is 9.88 Å². The lowest BCUT2D eigenvalue weighted by Crippen LogP contribution is -2.12. The molecule has 3 rings (SSSR count). The molecule has 0 radical (unpaired) electrons. The molecule has 2 aromatic carbocycles. The van der Waals surface area contributed by atoms with Crippen molar-refractivity contribution in [1.29, 1.82) is 0 Å². The minimum Gasteiger partial charge on any atom is -0.350 e. The smallest absolute Gasteiger partial charge is 0.257 e. The Morgan fingerprint density at radius 1 is 1.10 bits per heavy atom. The highest BCUT2D eigenvalue weighted by Gasteiger charge is 2.14. The molecule has 0 saturated heterocycles. The molecule has 0 unspecified atom stereocenters. The third kappa shape index (κ3) is 2.54. The predicted molar refractivity (Wildman–Crippen MR) is 89.1 cm³/mol. The first-order chi connectivity index (χ1) is 10.2. The molecule has 0 aliphatic heterocycles. The Morgan fingerprint density at radius 3 is 2.62 bits per heavy atom. The van der Waals surface area contributed by atoms with Gasteiger partial charge in [0.05, 0.1) is 11.3 Å². The number of thioether (sulfide) groups is 1. The Hall–Kier alpha value is -2.20. The molecule has 0 atom stereocenters. The van der Waals surface area contributed by atoms with Crippen molar-refractivity contribution < 1.29 is 4.79 Å². The minimum absolute atomic E-state index is 0.0756. The monoisotopic (exact) mass is 296 g/mol. The van der Waals surface area contributed by atoms with Crippen molar-refractivity contribution in [2.24, 2.45) is 7.05 Å². The summed E-state index contributed by atoms with van der Waals surface area (Å²) in [6, 6.07) is 15.8. The van der Waals surface area contributed by atoms with Crippen molar-refractivity contribution in [2.45, 2.75) is 4.90 Å². The van der Waals surface area contributed by atoms with Gasteiger partial charge in [0, 0.05) is 29.0 Å². The molecule has 1 aromatic heterocycles.